The van der Waals surface area contributed by atoms with Crippen LogP contribution in [0.15, 0.2) is 88.1 Å². The highest BCUT2D eigenvalue weighted by Gasteiger charge is 2.27. The Morgan fingerprint density at radius 3 is 2.64 bits per heavy atom. The van der Waals surface area contributed by atoms with Crippen molar-refractivity contribution in [2.24, 2.45) is 0 Å². The molecule has 0 aliphatic heterocycles. The average molecular weight is 474 g/mol. The van der Waals surface area contributed by atoms with E-state index < -0.39 is 11.6 Å². The zero-order valence-corrected chi connectivity index (χ0v) is 19.8. The SMILES string of the molecule is Cc1ccc2c(COC(=O)c3c4c(nc5ccccc35)C(=Cc3ccccc3)CC4)cc(=O)oc2c1. The van der Waals surface area contributed by atoms with E-state index in [1.807, 2.05) is 67.6 Å². The van der Waals surface area contributed by atoms with E-state index in [9.17, 15) is 9.59 Å². The number of aryl methyl sites for hydroxylation is 1. The summed E-state index contributed by atoms with van der Waals surface area (Å²) in [6.07, 6.45) is 3.66. The highest BCUT2D eigenvalue weighted by Crippen LogP contribution is 2.38. The monoisotopic (exact) mass is 473 g/mol. The Bertz CT molecular complexity index is 1730. The zero-order chi connectivity index (χ0) is 24.6. The van der Waals surface area contributed by atoms with Crippen molar-refractivity contribution in [3.8, 4) is 0 Å². The number of pyridine rings is 1. The van der Waals surface area contributed by atoms with Gasteiger partial charge in [-0.05, 0) is 60.2 Å². The van der Waals surface area contributed by atoms with E-state index in [1.54, 1.807) is 0 Å². The van der Waals surface area contributed by atoms with Gasteiger partial charge in [-0.3, -0.25) is 0 Å². The first kappa shape index (κ1) is 22.0. The highest BCUT2D eigenvalue weighted by atomic mass is 16.5. The summed E-state index contributed by atoms with van der Waals surface area (Å²) in [6, 6.07) is 24.8. The minimum Gasteiger partial charge on any atom is -0.457 e. The summed E-state index contributed by atoms with van der Waals surface area (Å²) in [6.45, 7) is 1.91. The number of fused-ring (bicyclic) bond motifs is 3. The molecule has 5 nitrogen and oxygen atoms in total. The predicted octanol–water partition coefficient (Wildman–Crippen LogP) is 6.49. The minimum absolute atomic E-state index is 0.0257. The smallest absolute Gasteiger partial charge is 0.339 e. The van der Waals surface area contributed by atoms with Crippen molar-refractivity contribution in [2.75, 3.05) is 0 Å². The standard InChI is InChI=1S/C31H23NO4/c1-19-11-13-23-22(17-28(33)36-27(23)15-19)18-35-31(34)29-24-9-5-6-10-26(24)32-30-21(12-14-25(29)30)16-20-7-3-2-4-8-20/h2-11,13,15-17H,12,14,18H2,1H3. The lowest BCUT2D eigenvalue weighted by Crippen LogP contribution is -2.11. The molecule has 6 rings (SSSR count). The topological polar surface area (TPSA) is 69.4 Å². The molecule has 0 saturated carbocycles. The van der Waals surface area contributed by atoms with E-state index in [1.165, 1.54) is 6.07 Å². The third kappa shape index (κ3) is 3.99. The number of hydrogen-bond acceptors (Lipinski definition) is 5. The first-order valence-electron chi connectivity index (χ1n) is 11.9. The summed E-state index contributed by atoms with van der Waals surface area (Å²) in [7, 11) is 0. The van der Waals surface area contributed by atoms with Gasteiger partial charge in [-0.1, -0.05) is 60.7 Å². The first-order chi connectivity index (χ1) is 17.6. The molecule has 3 aromatic carbocycles. The van der Waals surface area contributed by atoms with Crippen LogP contribution in [-0.2, 0) is 17.8 Å². The summed E-state index contributed by atoms with van der Waals surface area (Å²) in [4.78, 5) is 30.6. The van der Waals surface area contributed by atoms with Crippen molar-refractivity contribution in [2.45, 2.75) is 26.4 Å². The molecule has 2 aromatic heterocycles. The Labute approximate surface area is 207 Å². The molecule has 0 unspecified atom stereocenters. The van der Waals surface area contributed by atoms with Crippen LogP contribution in [0, 0.1) is 6.92 Å². The number of esters is 1. The molecule has 0 saturated heterocycles. The van der Waals surface area contributed by atoms with Crippen molar-refractivity contribution >= 4 is 39.5 Å². The number of aromatic nitrogens is 1. The number of allylic oxidation sites excluding steroid dienone is 1. The Hall–Kier alpha value is -4.51. The quantitative estimate of drug-likeness (QED) is 0.220. The van der Waals surface area contributed by atoms with Crippen LogP contribution in [0.1, 0.15) is 44.7 Å². The number of carbonyl (C=O) groups excluding carboxylic acids is 1. The number of para-hydroxylation sites is 1. The molecule has 36 heavy (non-hydrogen) atoms. The van der Waals surface area contributed by atoms with Crippen molar-refractivity contribution in [3.05, 3.63) is 123 Å². The zero-order valence-electron chi connectivity index (χ0n) is 19.8. The number of hydrogen-bond donors (Lipinski definition) is 0. The van der Waals surface area contributed by atoms with E-state index >= 15 is 0 Å². The van der Waals surface area contributed by atoms with E-state index in [-0.39, 0.29) is 6.61 Å². The molecule has 0 radical (unpaired) electrons. The van der Waals surface area contributed by atoms with Crippen LogP contribution in [0.3, 0.4) is 0 Å². The van der Waals surface area contributed by atoms with Crippen LogP contribution < -0.4 is 5.63 Å². The van der Waals surface area contributed by atoms with Gasteiger partial charge in [0.25, 0.3) is 0 Å². The van der Waals surface area contributed by atoms with Gasteiger partial charge in [0.05, 0.1) is 16.8 Å². The number of nitrogens with zero attached hydrogens (tertiary/aromatic N) is 1. The lowest BCUT2D eigenvalue weighted by atomic mass is 10.0. The molecule has 0 bridgehead atoms. The maximum absolute atomic E-state index is 13.6. The van der Waals surface area contributed by atoms with E-state index in [0.29, 0.717) is 23.1 Å². The normalized spacial score (nSPS) is 13.9. The summed E-state index contributed by atoms with van der Waals surface area (Å²) < 4.78 is 11.2. The van der Waals surface area contributed by atoms with Crippen LogP contribution in [0.4, 0.5) is 0 Å². The highest BCUT2D eigenvalue weighted by molar-refractivity contribution is 6.07. The molecule has 0 atom stereocenters. The van der Waals surface area contributed by atoms with Gasteiger partial charge in [-0.2, -0.15) is 0 Å². The van der Waals surface area contributed by atoms with Crippen LogP contribution >= 0.6 is 0 Å². The fraction of sp³-hybridized carbons (Fsp3) is 0.129. The van der Waals surface area contributed by atoms with Crippen molar-refractivity contribution in [1.29, 1.82) is 0 Å². The molecule has 1 aliphatic carbocycles. The summed E-state index contributed by atoms with van der Waals surface area (Å²) in [5.41, 5.74) is 6.90. The van der Waals surface area contributed by atoms with Gasteiger partial charge in [0.15, 0.2) is 0 Å². The maximum Gasteiger partial charge on any atom is 0.339 e. The van der Waals surface area contributed by atoms with Gasteiger partial charge in [-0.15, -0.1) is 0 Å². The predicted molar refractivity (Wildman–Crippen MR) is 141 cm³/mol. The summed E-state index contributed by atoms with van der Waals surface area (Å²) in [5.74, 6) is -0.417. The molecule has 0 fully saturated rings. The number of carbonyl (C=O) groups is 1. The molecule has 0 N–H and O–H groups in total. The van der Waals surface area contributed by atoms with Crippen LogP contribution in [0.5, 0.6) is 0 Å². The molecule has 2 heterocycles. The molecule has 176 valence electrons. The second kappa shape index (κ2) is 8.93. The Morgan fingerprint density at radius 1 is 0.972 bits per heavy atom. The largest absolute Gasteiger partial charge is 0.457 e. The van der Waals surface area contributed by atoms with Gasteiger partial charge in [0.2, 0.25) is 0 Å². The number of ether oxygens (including phenoxy) is 1. The molecular weight excluding hydrogens is 450 g/mol. The molecule has 5 aromatic rings. The number of rotatable bonds is 4. The van der Waals surface area contributed by atoms with Crippen molar-refractivity contribution < 1.29 is 13.9 Å². The fourth-order valence-corrected chi connectivity index (χ4v) is 4.93. The van der Waals surface area contributed by atoms with Gasteiger partial charge >= 0.3 is 11.6 Å². The molecule has 0 spiro atoms. The van der Waals surface area contributed by atoms with Gasteiger partial charge < -0.3 is 9.15 Å². The van der Waals surface area contributed by atoms with Crippen molar-refractivity contribution in [3.63, 3.8) is 0 Å². The van der Waals surface area contributed by atoms with Crippen LogP contribution in [0.2, 0.25) is 0 Å². The first-order valence-corrected chi connectivity index (χ1v) is 11.9. The lowest BCUT2D eigenvalue weighted by Gasteiger charge is -2.13. The maximum atomic E-state index is 13.6. The van der Waals surface area contributed by atoms with Gasteiger partial charge in [0, 0.05) is 22.4 Å². The van der Waals surface area contributed by atoms with Crippen LogP contribution in [-0.4, -0.2) is 11.0 Å². The average Bonchev–Trinajstić information content (AvgIpc) is 3.27. The molecule has 0 amide bonds. The molecule has 5 heteroatoms. The Balaban J connectivity index is 1.40. The third-order valence-electron chi connectivity index (χ3n) is 6.63. The minimum atomic E-state index is -0.468. The van der Waals surface area contributed by atoms with E-state index in [2.05, 4.69) is 18.2 Å². The van der Waals surface area contributed by atoms with E-state index in [0.717, 1.165) is 50.7 Å². The fourth-order valence-electron chi connectivity index (χ4n) is 4.93. The van der Waals surface area contributed by atoms with E-state index in [4.69, 9.17) is 14.1 Å². The lowest BCUT2D eigenvalue weighted by molar-refractivity contribution is 0.0475. The van der Waals surface area contributed by atoms with Crippen LogP contribution in [0.25, 0.3) is 33.5 Å². The summed E-state index contributed by atoms with van der Waals surface area (Å²) >= 11 is 0. The number of benzene rings is 3. The van der Waals surface area contributed by atoms with Gasteiger partial charge in [-0.25, -0.2) is 14.6 Å². The van der Waals surface area contributed by atoms with Gasteiger partial charge in [0.1, 0.15) is 12.2 Å². The second-order valence-corrected chi connectivity index (χ2v) is 9.08. The summed E-state index contributed by atoms with van der Waals surface area (Å²) in [5, 5.41) is 1.53. The Kier molecular flexibility index (Phi) is 5.45. The van der Waals surface area contributed by atoms with Crippen molar-refractivity contribution in [1.82, 2.24) is 4.98 Å². The molecule has 1 aliphatic rings. The third-order valence-corrected chi connectivity index (χ3v) is 6.63. The molecular formula is C31H23NO4. The second-order valence-electron chi connectivity index (χ2n) is 9.08. The Morgan fingerprint density at radius 2 is 1.78 bits per heavy atom.